The minimum absolute atomic E-state index is 0.120. The van der Waals surface area contributed by atoms with Crippen molar-refractivity contribution in [1.29, 1.82) is 0 Å². The summed E-state index contributed by atoms with van der Waals surface area (Å²) in [6.45, 7) is 4.67. The molecule has 0 aliphatic carbocycles. The average molecular weight is 352 g/mol. The zero-order valence-electron chi connectivity index (χ0n) is 14.3. The lowest BCUT2D eigenvalue weighted by molar-refractivity contribution is -0.120. The quantitative estimate of drug-likeness (QED) is 0.546. The highest BCUT2D eigenvalue weighted by Crippen LogP contribution is 2.13. The number of carbonyl (C=O) groups is 1. The number of nitrogens with zero attached hydrogens (tertiary/aromatic N) is 3. The van der Waals surface area contributed by atoms with Gasteiger partial charge in [-0.2, -0.15) is 10.2 Å². The van der Waals surface area contributed by atoms with Gasteiger partial charge in [-0.25, -0.2) is 5.43 Å². The van der Waals surface area contributed by atoms with E-state index in [1.165, 1.54) is 5.56 Å². The van der Waals surface area contributed by atoms with Gasteiger partial charge in [0.15, 0.2) is 0 Å². The van der Waals surface area contributed by atoms with Crippen molar-refractivity contribution in [2.75, 3.05) is 0 Å². The van der Waals surface area contributed by atoms with Gasteiger partial charge in [-0.05, 0) is 30.9 Å². The summed E-state index contributed by atoms with van der Waals surface area (Å²) in [6.07, 6.45) is 2.02. The van der Waals surface area contributed by atoms with Crippen LogP contribution in [0, 0.1) is 13.8 Å². The average Bonchev–Trinajstić information content (AvgIpc) is 3.19. The van der Waals surface area contributed by atoms with E-state index in [0.29, 0.717) is 13.0 Å². The monoisotopic (exact) mass is 352 g/mol. The fraction of sp³-hybridized carbons (Fsp3) is 0.211. The number of nitrogens with one attached hydrogen (secondary N) is 1. The Balaban J connectivity index is 1.65. The van der Waals surface area contributed by atoms with Crippen LogP contribution in [0.2, 0.25) is 0 Å². The van der Waals surface area contributed by atoms with Gasteiger partial charge in [-0.15, -0.1) is 11.3 Å². The summed E-state index contributed by atoms with van der Waals surface area (Å²) in [5.41, 5.74) is 6.63. The van der Waals surface area contributed by atoms with E-state index in [1.54, 1.807) is 17.6 Å². The molecule has 2 heterocycles. The Morgan fingerprint density at radius 3 is 2.76 bits per heavy atom. The number of hydrazone groups is 1. The summed E-state index contributed by atoms with van der Waals surface area (Å²) in [5, 5.41) is 10.6. The number of benzene rings is 1. The topological polar surface area (TPSA) is 59.3 Å². The Hall–Kier alpha value is -2.73. The molecule has 6 heteroatoms. The van der Waals surface area contributed by atoms with E-state index >= 15 is 0 Å². The molecule has 2 aromatic heterocycles. The number of carbonyl (C=O) groups excluding carboxylic acids is 1. The molecule has 1 amide bonds. The molecule has 25 heavy (non-hydrogen) atoms. The summed E-state index contributed by atoms with van der Waals surface area (Å²) in [5.74, 6) is -0.120. The van der Waals surface area contributed by atoms with Crippen molar-refractivity contribution in [3.05, 3.63) is 75.2 Å². The number of hydrogen-bond donors (Lipinski definition) is 1. The fourth-order valence-electron chi connectivity index (χ4n) is 2.59. The van der Waals surface area contributed by atoms with E-state index in [4.69, 9.17) is 0 Å². The predicted molar refractivity (Wildman–Crippen MR) is 101 cm³/mol. The number of thiophene rings is 1. The highest BCUT2D eigenvalue weighted by molar-refractivity contribution is 7.10. The maximum absolute atomic E-state index is 11.9. The molecular formula is C19H20N4OS. The molecule has 128 valence electrons. The summed E-state index contributed by atoms with van der Waals surface area (Å²) in [4.78, 5) is 12.9. The third-order valence-corrected chi connectivity index (χ3v) is 4.79. The first-order valence-electron chi connectivity index (χ1n) is 8.05. The van der Waals surface area contributed by atoms with Gasteiger partial charge in [-0.3, -0.25) is 9.48 Å². The molecular weight excluding hydrogens is 332 g/mol. The van der Waals surface area contributed by atoms with Crippen LogP contribution in [0.3, 0.4) is 0 Å². The van der Waals surface area contributed by atoms with Crippen molar-refractivity contribution < 1.29 is 4.79 Å². The molecule has 0 unspecified atom stereocenters. The van der Waals surface area contributed by atoms with Crippen LogP contribution in [0.15, 0.2) is 52.9 Å². The minimum Gasteiger partial charge on any atom is -0.273 e. The van der Waals surface area contributed by atoms with Crippen molar-refractivity contribution in [3.63, 3.8) is 0 Å². The van der Waals surface area contributed by atoms with Crippen LogP contribution in [0.25, 0.3) is 0 Å². The van der Waals surface area contributed by atoms with Crippen molar-refractivity contribution in [1.82, 2.24) is 15.2 Å². The van der Waals surface area contributed by atoms with E-state index in [0.717, 1.165) is 21.8 Å². The maximum atomic E-state index is 11.9. The second-order valence-corrected chi connectivity index (χ2v) is 6.81. The lowest BCUT2D eigenvalue weighted by Gasteiger charge is -2.04. The maximum Gasteiger partial charge on any atom is 0.245 e. The van der Waals surface area contributed by atoms with Gasteiger partial charge in [0.05, 0.1) is 24.9 Å². The van der Waals surface area contributed by atoms with Crippen LogP contribution in [0.4, 0.5) is 0 Å². The molecule has 0 atom stereocenters. The molecule has 0 saturated carbocycles. The van der Waals surface area contributed by atoms with Gasteiger partial charge in [0.25, 0.3) is 0 Å². The first kappa shape index (κ1) is 17.1. The Morgan fingerprint density at radius 1 is 1.24 bits per heavy atom. The van der Waals surface area contributed by atoms with Crippen LogP contribution >= 0.6 is 11.3 Å². The largest absolute Gasteiger partial charge is 0.273 e. The molecule has 0 saturated heterocycles. The SMILES string of the molecule is Cc1nn(Cc2ccccc2)c(C)c1/C=N/NC(=O)Cc1cccs1. The lowest BCUT2D eigenvalue weighted by atomic mass is 10.2. The molecule has 3 rings (SSSR count). The van der Waals surface area contributed by atoms with Gasteiger partial charge < -0.3 is 0 Å². The second kappa shape index (κ2) is 7.90. The summed E-state index contributed by atoms with van der Waals surface area (Å²) in [6, 6.07) is 14.1. The summed E-state index contributed by atoms with van der Waals surface area (Å²) >= 11 is 1.56. The molecule has 0 aliphatic heterocycles. The Morgan fingerprint density at radius 2 is 2.04 bits per heavy atom. The van der Waals surface area contributed by atoms with Crippen molar-refractivity contribution in [3.8, 4) is 0 Å². The number of hydrogen-bond acceptors (Lipinski definition) is 4. The molecule has 0 radical (unpaired) electrons. The summed E-state index contributed by atoms with van der Waals surface area (Å²) < 4.78 is 1.96. The third-order valence-electron chi connectivity index (χ3n) is 3.91. The van der Waals surface area contributed by atoms with Crippen LogP contribution in [0.5, 0.6) is 0 Å². The van der Waals surface area contributed by atoms with Gasteiger partial charge in [0.1, 0.15) is 0 Å². The summed E-state index contributed by atoms with van der Waals surface area (Å²) in [7, 11) is 0. The van der Waals surface area contributed by atoms with E-state index in [2.05, 4.69) is 27.8 Å². The van der Waals surface area contributed by atoms with Gasteiger partial charge in [0.2, 0.25) is 5.91 Å². The smallest absolute Gasteiger partial charge is 0.245 e. The molecule has 0 bridgehead atoms. The molecule has 1 N–H and O–H groups in total. The van der Waals surface area contributed by atoms with Gasteiger partial charge in [-0.1, -0.05) is 36.4 Å². The minimum atomic E-state index is -0.120. The van der Waals surface area contributed by atoms with E-state index in [-0.39, 0.29) is 5.91 Å². The first-order chi connectivity index (χ1) is 12.1. The number of amides is 1. The first-order valence-corrected chi connectivity index (χ1v) is 8.93. The number of aryl methyl sites for hydroxylation is 1. The Bertz CT molecular complexity index is 866. The van der Waals surface area contributed by atoms with Crippen molar-refractivity contribution in [2.45, 2.75) is 26.8 Å². The fourth-order valence-corrected chi connectivity index (χ4v) is 3.29. The molecule has 0 spiro atoms. The van der Waals surface area contributed by atoms with E-state index in [1.807, 2.05) is 54.2 Å². The Kier molecular flexibility index (Phi) is 5.40. The molecule has 0 fully saturated rings. The predicted octanol–water partition coefficient (Wildman–Crippen LogP) is 3.30. The lowest BCUT2D eigenvalue weighted by Crippen LogP contribution is -2.19. The highest BCUT2D eigenvalue weighted by atomic mass is 32.1. The van der Waals surface area contributed by atoms with Crippen LogP contribution in [-0.2, 0) is 17.8 Å². The molecule has 0 aliphatic rings. The number of rotatable bonds is 6. The Labute approximate surface area is 151 Å². The van der Waals surface area contributed by atoms with Crippen molar-refractivity contribution >= 4 is 23.5 Å². The van der Waals surface area contributed by atoms with Crippen molar-refractivity contribution in [2.24, 2.45) is 5.10 Å². The zero-order valence-corrected chi connectivity index (χ0v) is 15.1. The van der Waals surface area contributed by atoms with Gasteiger partial charge in [0, 0.05) is 16.1 Å². The molecule has 1 aromatic carbocycles. The van der Waals surface area contributed by atoms with E-state index in [9.17, 15) is 4.79 Å². The standard InChI is InChI=1S/C19H20N4OS/c1-14-18(12-20-21-19(24)11-17-9-6-10-25-17)15(2)23(22-14)13-16-7-4-3-5-8-16/h3-10,12H,11,13H2,1-2H3,(H,21,24)/b20-12+. The van der Waals surface area contributed by atoms with Crippen LogP contribution in [0.1, 0.15) is 27.4 Å². The van der Waals surface area contributed by atoms with Gasteiger partial charge >= 0.3 is 0 Å². The molecule has 3 aromatic rings. The second-order valence-electron chi connectivity index (χ2n) is 5.78. The van der Waals surface area contributed by atoms with Crippen LogP contribution in [-0.4, -0.2) is 21.9 Å². The normalized spacial score (nSPS) is 11.1. The van der Waals surface area contributed by atoms with Crippen LogP contribution < -0.4 is 5.43 Å². The highest BCUT2D eigenvalue weighted by Gasteiger charge is 2.10. The zero-order chi connectivity index (χ0) is 17.6. The molecule has 5 nitrogen and oxygen atoms in total. The number of aromatic nitrogens is 2. The third kappa shape index (κ3) is 4.42. The van der Waals surface area contributed by atoms with E-state index < -0.39 is 0 Å².